The predicted molar refractivity (Wildman–Crippen MR) is 250 cm³/mol. The lowest BCUT2D eigenvalue weighted by atomic mass is 9.74. The van der Waals surface area contributed by atoms with E-state index in [0.29, 0.717) is 56.6 Å². The van der Waals surface area contributed by atoms with E-state index < -0.39 is 71.3 Å². The fraction of sp³-hybridized carbons (Fsp3) is 0.592. The van der Waals surface area contributed by atoms with E-state index >= 15 is 0 Å². The Hall–Kier alpha value is -5.88. The molecular formula is C49H63N5O17. The Morgan fingerprint density at radius 3 is 2.52 bits per heavy atom. The third-order valence-electron chi connectivity index (χ3n) is 13.2. The molecule has 3 saturated heterocycles. The molecule has 5 N–H and O–H groups in total. The minimum absolute atomic E-state index is 0.00213. The number of non-ortho nitro benzene ring substituents is 1. The minimum Gasteiger partial charge on any atom is -0.466 e. The lowest BCUT2D eigenvalue weighted by Crippen LogP contribution is -2.62. The Morgan fingerprint density at radius 1 is 0.972 bits per heavy atom. The van der Waals surface area contributed by atoms with Gasteiger partial charge >= 0.3 is 23.6 Å². The molecule has 3 fully saturated rings. The van der Waals surface area contributed by atoms with Crippen LogP contribution in [-0.2, 0) is 47.5 Å². The lowest BCUT2D eigenvalue weighted by molar-refractivity contribution is -0.383. The SMILES string of the molecule is COC(=O)/C=C1\C[C@H]2C[C@H](CO)OC(=O)C[C@H](O)C[C@@H]3CCC[C@H](C[C@@H]4CCO[C@H](/C=C/C(C)(C)[C@](O)(O2)[C@H]1OC(=O)c1cccc(NC(=O)CCCCCNc2ccc([N+](=O)[O-])c5nonc25)c1)O4)O3. The van der Waals surface area contributed by atoms with Crippen LogP contribution in [0.1, 0.15) is 108 Å². The number of nitrogens with zero attached hydrogens (tertiary/aromatic N) is 3. The zero-order valence-corrected chi connectivity index (χ0v) is 40.0. The number of nitrogens with one attached hydrogen (secondary N) is 2. The number of anilines is 2. The van der Waals surface area contributed by atoms with E-state index in [2.05, 4.69) is 20.9 Å². The molecule has 22 nitrogen and oxygen atoms in total. The molecule has 5 heterocycles. The highest BCUT2D eigenvalue weighted by atomic mass is 16.7. The van der Waals surface area contributed by atoms with Gasteiger partial charge in [-0.25, -0.2) is 14.2 Å². The fourth-order valence-electron chi connectivity index (χ4n) is 9.39. The number of nitro benzene ring substituents is 1. The Morgan fingerprint density at radius 2 is 1.75 bits per heavy atom. The first-order valence-corrected chi connectivity index (χ1v) is 24.1. The maximum absolute atomic E-state index is 14.2. The van der Waals surface area contributed by atoms with Gasteiger partial charge in [0.25, 0.3) is 0 Å². The fourth-order valence-corrected chi connectivity index (χ4v) is 9.39. The van der Waals surface area contributed by atoms with E-state index in [1.54, 1.807) is 38.1 Å². The molecule has 7 rings (SSSR count). The molecule has 1 aromatic heterocycles. The Bertz CT molecular complexity index is 2420. The van der Waals surface area contributed by atoms with Crippen LogP contribution in [0.4, 0.5) is 17.1 Å². The zero-order valence-electron chi connectivity index (χ0n) is 40.0. The van der Waals surface area contributed by atoms with Gasteiger partial charge in [0.1, 0.15) is 6.10 Å². The molecule has 3 aromatic rings. The van der Waals surface area contributed by atoms with Gasteiger partial charge in [-0.1, -0.05) is 32.4 Å². The molecule has 2 aromatic carbocycles. The topological polar surface area (TPSA) is 300 Å². The number of rotatable bonds is 13. The summed E-state index contributed by atoms with van der Waals surface area (Å²) < 4.78 is 46.6. The predicted octanol–water partition coefficient (Wildman–Crippen LogP) is 5.34. The van der Waals surface area contributed by atoms with Crippen LogP contribution in [0.5, 0.6) is 0 Å². The van der Waals surface area contributed by atoms with Gasteiger partial charge in [-0.3, -0.25) is 19.7 Å². The number of unbranched alkanes of at least 4 members (excludes halogenated alkanes) is 2. The van der Waals surface area contributed by atoms with Gasteiger partial charge in [-0.2, -0.15) is 0 Å². The van der Waals surface area contributed by atoms with Crippen LogP contribution in [-0.4, -0.2) is 136 Å². The summed E-state index contributed by atoms with van der Waals surface area (Å²) in [6.07, 6.45) is 3.12. The summed E-state index contributed by atoms with van der Waals surface area (Å²) in [5, 5.41) is 58.9. The molecule has 0 spiro atoms. The van der Waals surface area contributed by atoms with Crippen molar-refractivity contribution in [1.29, 1.82) is 0 Å². The first kappa shape index (κ1) is 52.9. The van der Waals surface area contributed by atoms with Crippen molar-refractivity contribution < 1.29 is 77.2 Å². The average Bonchev–Trinajstić information content (AvgIpc) is 3.83. The molecule has 1 amide bonds. The van der Waals surface area contributed by atoms with Crippen molar-refractivity contribution in [3.8, 4) is 0 Å². The summed E-state index contributed by atoms with van der Waals surface area (Å²) in [6.45, 7) is 3.50. The van der Waals surface area contributed by atoms with Crippen LogP contribution >= 0.6 is 0 Å². The van der Waals surface area contributed by atoms with E-state index in [1.807, 2.05) is 0 Å². The molecular weight excluding hydrogens is 931 g/mol. The number of carbonyl (C=O) groups excluding carboxylic acids is 4. The van der Waals surface area contributed by atoms with Gasteiger partial charge < -0.3 is 59.1 Å². The maximum Gasteiger partial charge on any atom is 0.339 e. The molecule has 9 atom stereocenters. The van der Waals surface area contributed by atoms with Gasteiger partial charge in [0, 0.05) is 49.1 Å². The number of amides is 1. The summed E-state index contributed by atoms with van der Waals surface area (Å²) >= 11 is 0. The third kappa shape index (κ3) is 13.8. The van der Waals surface area contributed by atoms with Crippen molar-refractivity contribution in [1.82, 2.24) is 10.3 Å². The smallest absolute Gasteiger partial charge is 0.339 e. The molecule has 0 aliphatic carbocycles. The number of nitro groups is 1. The largest absolute Gasteiger partial charge is 0.466 e. The van der Waals surface area contributed by atoms with Gasteiger partial charge in [0.05, 0.1) is 73.4 Å². The van der Waals surface area contributed by atoms with Crippen LogP contribution < -0.4 is 10.6 Å². The van der Waals surface area contributed by atoms with Gasteiger partial charge in [0.15, 0.2) is 17.9 Å². The van der Waals surface area contributed by atoms with Crippen molar-refractivity contribution in [2.45, 2.75) is 152 Å². The number of aromatic nitrogens is 2. The highest BCUT2D eigenvalue weighted by Crippen LogP contribution is 2.47. The first-order chi connectivity index (χ1) is 34.0. The van der Waals surface area contributed by atoms with Crippen LogP contribution in [0.3, 0.4) is 0 Å². The summed E-state index contributed by atoms with van der Waals surface area (Å²) in [5.74, 6) is -5.28. The van der Waals surface area contributed by atoms with Gasteiger partial charge in [-0.15, -0.1) is 0 Å². The molecule has 22 heteroatoms. The van der Waals surface area contributed by atoms with E-state index in [9.17, 15) is 44.6 Å². The van der Waals surface area contributed by atoms with Crippen molar-refractivity contribution in [2.24, 2.45) is 5.41 Å². The normalized spacial score (nSPS) is 29.3. The lowest BCUT2D eigenvalue weighted by Gasteiger charge is -2.51. The molecule has 0 saturated carbocycles. The van der Waals surface area contributed by atoms with E-state index in [-0.39, 0.29) is 84.2 Å². The molecule has 0 radical (unpaired) electrons. The number of carbonyl (C=O) groups is 4. The second-order valence-electron chi connectivity index (χ2n) is 18.9. The number of fused-ring (bicyclic) bond motifs is 7. The Labute approximate surface area is 409 Å². The number of hydrogen-bond acceptors (Lipinski definition) is 20. The van der Waals surface area contributed by atoms with Crippen LogP contribution in [0.2, 0.25) is 0 Å². The number of cyclic esters (lactones) is 1. The quantitative estimate of drug-likeness (QED) is 0.0275. The van der Waals surface area contributed by atoms with Crippen LogP contribution in [0, 0.1) is 15.5 Å². The Balaban J connectivity index is 1.05. The summed E-state index contributed by atoms with van der Waals surface area (Å²) in [4.78, 5) is 64.1. The number of ether oxygens (including phenoxy) is 7. The first-order valence-electron chi connectivity index (χ1n) is 24.1. The Kier molecular flexibility index (Phi) is 17.9. The highest BCUT2D eigenvalue weighted by molar-refractivity contribution is 5.95. The number of benzene rings is 2. The molecule has 4 aliphatic heterocycles. The number of methoxy groups -OCH3 is 1. The van der Waals surface area contributed by atoms with E-state index in [0.717, 1.165) is 32.4 Å². The zero-order chi connectivity index (χ0) is 50.7. The monoisotopic (exact) mass is 993 g/mol. The standard InChI is InChI=1S/C49H63N5O17/c1-48(2)18-16-43-65-20-17-35(68-43)26-34-12-8-11-33(66-34)24-32(56)25-42(59)67-37(28-55)27-36-22-30(23-41(58)64-3)46(49(48,61)70-36)69-47(60)29-9-7-10-31(21-29)51-40(57)13-5-4-6-19-50-38-14-15-39(54(62)63)45-44(38)52-71-53-45/h7,9-10,14-16,18,21,23,32-37,43,46,50,55-56,61H,4-6,8,11-13,17,19-20,22,24-28H2,1-3H3,(H,51,57)/b18-16+,30-23+/t32-,33+,34-,35+,36+,37-,43+,46+,49-/m1/s1. The number of hydrogen-bond donors (Lipinski definition) is 5. The molecule has 71 heavy (non-hydrogen) atoms. The number of aliphatic hydroxyl groups is 3. The summed E-state index contributed by atoms with van der Waals surface area (Å²) in [6, 6.07) is 8.87. The summed E-state index contributed by atoms with van der Waals surface area (Å²) in [7, 11) is 1.16. The maximum atomic E-state index is 14.2. The highest BCUT2D eigenvalue weighted by Gasteiger charge is 2.58. The second-order valence-corrected chi connectivity index (χ2v) is 18.9. The van der Waals surface area contributed by atoms with E-state index in [1.165, 1.54) is 24.3 Å². The van der Waals surface area contributed by atoms with Crippen molar-refractivity contribution in [3.05, 3.63) is 75.9 Å². The molecule has 6 bridgehead atoms. The minimum atomic E-state index is -2.45. The van der Waals surface area contributed by atoms with Crippen molar-refractivity contribution in [3.63, 3.8) is 0 Å². The van der Waals surface area contributed by atoms with Crippen LogP contribution in [0.15, 0.2) is 64.8 Å². The molecule has 386 valence electrons. The van der Waals surface area contributed by atoms with E-state index in [4.69, 9.17) is 37.8 Å². The van der Waals surface area contributed by atoms with Gasteiger partial charge in [-0.05, 0) is 97.6 Å². The average molecular weight is 994 g/mol. The molecule has 0 unspecified atom stereocenters. The second kappa shape index (κ2) is 24.0. The van der Waals surface area contributed by atoms with Crippen molar-refractivity contribution >= 4 is 51.9 Å². The number of aliphatic hydroxyl groups excluding tert-OH is 2. The van der Waals surface area contributed by atoms with Gasteiger partial charge in [0.2, 0.25) is 17.2 Å². The molecule has 4 aliphatic rings. The van der Waals surface area contributed by atoms with Crippen molar-refractivity contribution in [2.75, 3.05) is 37.5 Å². The summed E-state index contributed by atoms with van der Waals surface area (Å²) in [5.41, 5.74) is -0.482. The number of esters is 3. The third-order valence-corrected chi connectivity index (χ3v) is 13.2. The van der Waals surface area contributed by atoms with Crippen LogP contribution in [0.25, 0.3) is 11.0 Å².